The van der Waals surface area contributed by atoms with Gasteiger partial charge >= 0.3 is 0 Å². The quantitative estimate of drug-likeness (QED) is 0.304. The molecule has 0 spiro atoms. The number of benzene rings is 2. The molecule has 4 unspecified atom stereocenters. The zero-order chi connectivity index (χ0) is 32.0. The van der Waals surface area contributed by atoms with Crippen molar-refractivity contribution in [2.45, 2.75) is 88.4 Å². The maximum Gasteiger partial charge on any atom is 0.0195 e. The molecule has 47 heavy (non-hydrogen) atoms. The standard InChI is InChI=1S/C21H33N3.C20H29N3/c1-16-13-24(17(2)12-23(16)3)15-21(9-10-21)14-22-20-11-19(20)18-7-5-4-6-8-18;1-2-4-15(5-3-1)18-8-19(18)22-13-20(6-7-20)14-23-11-16-9-21-10-17(16)12-23/h4-8,16-17,19-20,22H,9-15H2,1-3H3;1-5,16-19,21-22H,6-14H2/t16-,17+,19?,20+;16?,17?,18?,19-/m10/s1. The maximum atomic E-state index is 3.90. The minimum absolute atomic E-state index is 0.563. The lowest BCUT2D eigenvalue weighted by Crippen LogP contribution is -2.56. The Hall–Kier alpha value is -1.80. The number of nitrogens with one attached hydrogen (secondary N) is 3. The number of likely N-dealkylation sites (N-methyl/N-ethyl adjacent to an activating group) is 1. The Kier molecular flexibility index (Phi) is 9.30. The van der Waals surface area contributed by atoms with Gasteiger partial charge in [-0.05, 0) is 106 Å². The Morgan fingerprint density at radius 1 is 0.660 bits per heavy atom. The summed E-state index contributed by atoms with van der Waals surface area (Å²) in [4.78, 5) is 8.03. The van der Waals surface area contributed by atoms with Crippen LogP contribution in [0.4, 0.5) is 0 Å². The molecule has 2 aromatic carbocycles. The fourth-order valence-electron chi connectivity index (χ4n) is 9.39. The number of nitrogens with zero attached hydrogens (tertiary/aromatic N) is 3. The summed E-state index contributed by atoms with van der Waals surface area (Å²) in [5.41, 5.74) is 4.21. The second-order valence-electron chi connectivity index (χ2n) is 17.4. The van der Waals surface area contributed by atoms with Crippen LogP contribution in [0.5, 0.6) is 0 Å². The minimum Gasteiger partial charge on any atom is -0.316 e. The van der Waals surface area contributed by atoms with Crippen molar-refractivity contribution in [1.29, 1.82) is 0 Å². The van der Waals surface area contributed by atoms with E-state index in [2.05, 4.69) is 112 Å². The van der Waals surface area contributed by atoms with Gasteiger partial charge in [-0.3, -0.25) is 4.90 Å². The Morgan fingerprint density at radius 2 is 1.17 bits per heavy atom. The molecule has 0 bridgehead atoms. The van der Waals surface area contributed by atoms with E-state index in [1.807, 2.05) is 0 Å². The monoisotopic (exact) mass is 639 g/mol. The first-order valence-electron chi connectivity index (χ1n) is 19.3. The lowest BCUT2D eigenvalue weighted by Gasteiger charge is -2.44. The molecule has 2 aromatic rings. The first-order chi connectivity index (χ1) is 22.9. The molecule has 0 radical (unpaired) electrons. The highest BCUT2D eigenvalue weighted by Gasteiger charge is 2.49. The third-order valence-corrected chi connectivity index (χ3v) is 13.4. The zero-order valence-electron chi connectivity index (χ0n) is 29.5. The third kappa shape index (κ3) is 7.84. The average Bonchev–Trinajstić information content (AvgIpc) is 3.94. The summed E-state index contributed by atoms with van der Waals surface area (Å²) in [5, 5.41) is 11.3. The van der Waals surface area contributed by atoms with Crippen molar-refractivity contribution in [1.82, 2.24) is 30.7 Å². The molecule has 6 heteroatoms. The van der Waals surface area contributed by atoms with E-state index in [-0.39, 0.29) is 0 Å². The lowest BCUT2D eigenvalue weighted by atomic mass is 10.0. The van der Waals surface area contributed by atoms with Gasteiger partial charge in [-0.1, -0.05) is 60.7 Å². The Labute approximate surface area is 285 Å². The molecule has 3 aliphatic heterocycles. The molecule has 3 saturated heterocycles. The van der Waals surface area contributed by atoms with Crippen LogP contribution < -0.4 is 16.0 Å². The van der Waals surface area contributed by atoms with Crippen LogP contribution in [0.15, 0.2) is 60.7 Å². The van der Waals surface area contributed by atoms with Gasteiger partial charge in [0.2, 0.25) is 0 Å². The summed E-state index contributed by atoms with van der Waals surface area (Å²) in [6.45, 7) is 17.5. The lowest BCUT2D eigenvalue weighted by molar-refractivity contribution is 0.0449. The number of piperazine rings is 1. The predicted molar refractivity (Wildman–Crippen MR) is 194 cm³/mol. The molecular weight excluding hydrogens is 576 g/mol. The molecule has 4 aliphatic carbocycles. The Bertz CT molecular complexity index is 1300. The van der Waals surface area contributed by atoms with Crippen LogP contribution >= 0.6 is 0 Å². The predicted octanol–water partition coefficient (Wildman–Crippen LogP) is 5.00. The number of hydrogen-bond acceptors (Lipinski definition) is 6. The molecular formula is C41H62N6. The van der Waals surface area contributed by atoms with Crippen molar-refractivity contribution in [2.75, 3.05) is 72.5 Å². The van der Waals surface area contributed by atoms with Crippen LogP contribution in [-0.4, -0.2) is 111 Å². The van der Waals surface area contributed by atoms with Crippen LogP contribution in [0, 0.1) is 22.7 Å². The molecule has 3 N–H and O–H groups in total. The van der Waals surface area contributed by atoms with Gasteiger partial charge in [0.15, 0.2) is 0 Å². The van der Waals surface area contributed by atoms with Gasteiger partial charge in [0, 0.05) is 88.4 Å². The SMILES string of the molecule is C[C@@H]1CN(CC2(CN[C@H]3CC3c3ccccc3)CC2)[C@@H](C)CN1C.c1ccc(C2C[C@@H]2NCC2(CN3CC4CNCC4C3)CC2)cc1. The van der Waals surface area contributed by atoms with Gasteiger partial charge in [0.25, 0.3) is 0 Å². The zero-order valence-corrected chi connectivity index (χ0v) is 29.5. The molecule has 8 atom stereocenters. The second-order valence-corrected chi connectivity index (χ2v) is 17.4. The highest BCUT2D eigenvalue weighted by Crippen LogP contribution is 2.49. The first kappa shape index (κ1) is 32.4. The highest BCUT2D eigenvalue weighted by atomic mass is 15.3. The van der Waals surface area contributed by atoms with E-state index in [0.29, 0.717) is 29.0 Å². The van der Waals surface area contributed by atoms with Crippen LogP contribution in [-0.2, 0) is 0 Å². The van der Waals surface area contributed by atoms with E-state index in [1.54, 1.807) is 0 Å². The van der Waals surface area contributed by atoms with E-state index in [4.69, 9.17) is 0 Å². The van der Waals surface area contributed by atoms with Gasteiger partial charge in [-0.15, -0.1) is 0 Å². The number of fused-ring (bicyclic) bond motifs is 1. The molecule has 0 amide bonds. The van der Waals surface area contributed by atoms with E-state index in [1.165, 1.54) is 115 Å². The molecule has 9 rings (SSSR count). The summed E-state index contributed by atoms with van der Waals surface area (Å²) in [6.07, 6.45) is 8.35. The Balaban J connectivity index is 0.000000138. The van der Waals surface area contributed by atoms with Gasteiger partial charge in [0.1, 0.15) is 0 Å². The fraction of sp³-hybridized carbons (Fsp3) is 0.707. The topological polar surface area (TPSA) is 45.8 Å². The van der Waals surface area contributed by atoms with E-state index in [0.717, 1.165) is 29.7 Å². The van der Waals surface area contributed by atoms with Crippen molar-refractivity contribution < 1.29 is 0 Å². The van der Waals surface area contributed by atoms with Crippen LogP contribution in [0.3, 0.4) is 0 Å². The largest absolute Gasteiger partial charge is 0.316 e. The van der Waals surface area contributed by atoms with Crippen molar-refractivity contribution >= 4 is 0 Å². The highest BCUT2D eigenvalue weighted by molar-refractivity contribution is 5.28. The molecule has 6 nitrogen and oxygen atoms in total. The van der Waals surface area contributed by atoms with E-state index < -0.39 is 0 Å². The molecule has 3 heterocycles. The summed E-state index contributed by atoms with van der Waals surface area (Å²) in [6, 6.07) is 24.9. The van der Waals surface area contributed by atoms with Crippen LogP contribution in [0.25, 0.3) is 0 Å². The Morgan fingerprint density at radius 3 is 1.68 bits per heavy atom. The van der Waals surface area contributed by atoms with Gasteiger partial charge < -0.3 is 25.8 Å². The first-order valence-corrected chi connectivity index (χ1v) is 19.3. The van der Waals surface area contributed by atoms with Crippen LogP contribution in [0.1, 0.15) is 75.3 Å². The number of rotatable bonds is 12. The summed E-state index contributed by atoms with van der Waals surface area (Å²) < 4.78 is 0. The van der Waals surface area contributed by atoms with Crippen molar-refractivity contribution in [3.8, 4) is 0 Å². The van der Waals surface area contributed by atoms with E-state index >= 15 is 0 Å². The van der Waals surface area contributed by atoms with Crippen molar-refractivity contribution in [2.24, 2.45) is 22.7 Å². The normalized spacial score (nSPS) is 36.7. The molecule has 0 aromatic heterocycles. The van der Waals surface area contributed by atoms with Gasteiger partial charge in [-0.2, -0.15) is 0 Å². The summed E-state index contributed by atoms with van der Waals surface area (Å²) in [7, 11) is 2.27. The average molecular weight is 639 g/mol. The summed E-state index contributed by atoms with van der Waals surface area (Å²) >= 11 is 0. The van der Waals surface area contributed by atoms with Crippen molar-refractivity contribution in [3.63, 3.8) is 0 Å². The maximum absolute atomic E-state index is 3.90. The number of likely N-dealkylation sites (tertiary alicyclic amines) is 1. The molecule has 4 saturated carbocycles. The summed E-state index contributed by atoms with van der Waals surface area (Å²) in [5.74, 6) is 3.39. The molecule has 7 aliphatic rings. The smallest absolute Gasteiger partial charge is 0.0195 e. The minimum atomic E-state index is 0.563. The van der Waals surface area contributed by atoms with Gasteiger partial charge in [0.05, 0.1) is 0 Å². The number of hydrogen-bond donors (Lipinski definition) is 3. The van der Waals surface area contributed by atoms with E-state index in [9.17, 15) is 0 Å². The second kappa shape index (κ2) is 13.5. The molecule has 256 valence electrons. The molecule has 7 fully saturated rings. The van der Waals surface area contributed by atoms with Crippen LogP contribution in [0.2, 0.25) is 0 Å². The third-order valence-electron chi connectivity index (χ3n) is 13.4. The van der Waals surface area contributed by atoms with Crippen molar-refractivity contribution in [3.05, 3.63) is 71.8 Å². The fourth-order valence-corrected chi connectivity index (χ4v) is 9.39. The van der Waals surface area contributed by atoms with Gasteiger partial charge in [-0.25, -0.2) is 0 Å².